The molecule has 0 aliphatic carbocycles. The molecule has 1 aromatic rings. The fourth-order valence-electron chi connectivity index (χ4n) is 2.66. The molecule has 0 bridgehead atoms. The minimum atomic E-state index is -0.165. The van der Waals surface area contributed by atoms with Crippen LogP contribution in [0.2, 0.25) is 0 Å². The van der Waals surface area contributed by atoms with Gasteiger partial charge >= 0.3 is 0 Å². The summed E-state index contributed by atoms with van der Waals surface area (Å²) in [6.07, 6.45) is 2.23. The highest BCUT2D eigenvalue weighted by molar-refractivity contribution is 5.96. The molecule has 3 heteroatoms. The molecule has 2 rings (SSSR count). The molecule has 0 saturated carbocycles. The van der Waals surface area contributed by atoms with Gasteiger partial charge in [-0.3, -0.25) is 4.79 Å². The zero-order chi connectivity index (χ0) is 14.5. The number of carbonyl (C=O) groups is 1. The molecule has 1 atom stereocenters. The van der Waals surface area contributed by atoms with Crippen molar-refractivity contribution in [2.75, 3.05) is 19.7 Å². The van der Waals surface area contributed by atoms with Gasteiger partial charge in [0.25, 0.3) is 5.91 Å². The Kier molecular flexibility index (Phi) is 4.81. The molecule has 3 nitrogen and oxygen atoms in total. The summed E-state index contributed by atoms with van der Waals surface area (Å²) in [5, 5.41) is 8.78. The van der Waals surface area contributed by atoms with E-state index in [-0.39, 0.29) is 12.5 Å². The van der Waals surface area contributed by atoms with Crippen LogP contribution in [-0.2, 0) is 0 Å². The lowest BCUT2D eigenvalue weighted by Gasteiger charge is -2.18. The summed E-state index contributed by atoms with van der Waals surface area (Å²) in [4.78, 5) is 14.5. The van der Waals surface area contributed by atoms with E-state index in [0.29, 0.717) is 5.92 Å². The van der Waals surface area contributed by atoms with Crippen LogP contribution in [0.15, 0.2) is 18.2 Å². The summed E-state index contributed by atoms with van der Waals surface area (Å²) >= 11 is 0. The molecule has 1 fully saturated rings. The highest BCUT2D eigenvalue weighted by Gasteiger charge is 2.26. The highest BCUT2D eigenvalue weighted by atomic mass is 16.2. The molecule has 1 aromatic carbocycles. The summed E-state index contributed by atoms with van der Waals surface area (Å²) < 4.78 is 0. The fourth-order valence-corrected chi connectivity index (χ4v) is 2.66. The number of aliphatic hydroxyl groups is 1. The van der Waals surface area contributed by atoms with Gasteiger partial charge in [0, 0.05) is 24.2 Å². The van der Waals surface area contributed by atoms with Crippen molar-refractivity contribution in [1.29, 1.82) is 0 Å². The summed E-state index contributed by atoms with van der Waals surface area (Å²) in [5.74, 6) is 6.27. The molecule has 1 amide bonds. The van der Waals surface area contributed by atoms with Crippen molar-refractivity contribution in [3.8, 4) is 11.8 Å². The summed E-state index contributed by atoms with van der Waals surface area (Å²) in [6, 6.07) is 5.60. The lowest BCUT2D eigenvalue weighted by atomic mass is 10.0. The quantitative estimate of drug-likeness (QED) is 0.838. The van der Waals surface area contributed by atoms with Crippen LogP contribution < -0.4 is 0 Å². The molecule has 1 aliphatic heterocycles. The molecular formula is C17H21NO2. The average molecular weight is 271 g/mol. The molecular weight excluding hydrogens is 250 g/mol. The van der Waals surface area contributed by atoms with Crippen LogP contribution >= 0.6 is 0 Å². The molecule has 1 saturated heterocycles. The minimum absolute atomic E-state index is 0.103. The zero-order valence-corrected chi connectivity index (χ0v) is 12.1. The Labute approximate surface area is 120 Å². The summed E-state index contributed by atoms with van der Waals surface area (Å²) in [5.41, 5.74) is 2.45. The van der Waals surface area contributed by atoms with Crippen LogP contribution in [0.5, 0.6) is 0 Å². The van der Waals surface area contributed by atoms with Crippen molar-refractivity contribution < 1.29 is 9.90 Å². The van der Waals surface area contributed by atoms with Crippen LogP contribution in [0.4, 0.5) is 0 Å². The van der Waals surface area contributed by atoms with Gasteiger partial charge in [-0.05, 0) is 37.0 Å². The van der Waals surface area contributed by atoms with Crippen LogP contribution in [0.3, 0.4) is 0 Å². The third-order valence-electron chi connectivity index (χ3n) is 4.02. The van der Waals surface area contributed by atoms with E-state index in [1.165, 1.54) is 0 Å². The van der Waals surface area contributed by atoms with Gasteiger partial charge in [-0.15, -0.1) is 0 Å². The molecule has 1 N–H and O–H groups in total. The van der Waals surface area contributed by atoms with Gasteiger partial charge in [0.05, 0.1) is 0 Å². The topological polar surface area (TPSA) is 40.5 Å². The van der Waals surface area contributed by atoms with E-state index in [1.54, 1.807) is 0 Å². The Morgan fingerprint density at radius 2 is 2.30 bits per heavy atom. The number of aliphatic hydroxyl groups excluding tert-OH is 1. The lowest BCUT2D eigenvalue weighted by molar-refractivity contribution is 0.0786. The van der Waals surface area contributed by atoms with Gasteiger partial charge in [-0.1, -0.05) is 31.3 Å². The first-order chi connectivity index (χ1) is 9.67. The molecule has 1 heterocycles. The monoisotopic (exact) mass is 271 g/mol. The standard InChI is InChI=1S/C17H21NO2/c1-3-14-9-10-18(12-14)17(20)16-8-4-6-15(13(16)2)7-5-11-19/h4,6,8,14,19H,3,9-12H2,1-2H3. The van der Waals surface area contributed by atoms with Gasteiger partial charge in [0.1, 0.15) is 6.61 Å². The minimum Gasteiger partial charge on any atom is -0.384 e. The van der Waals surface area contributed by atoms with Crippen molar-refractivity contribution in [3.63, 3.8) is 0 Å². The van der Waals surface area contributed by atoms with Gasteiger partial charge in [-0.2, -0.15) is 0 Å². The third-order valence-corrected chi connectivity index (χ3v) is 4.02. The molecule has 1 unspecified atom stereocenters. The molecule has 0 radical (unpaired) electrons. The maximum absolute atomic E-state index is 12.6. The van der Waals surface area contributed by atoms with Gasteiger partial charge < -0.3 is 10.0 Å². The Morgan fingerprint density at radius 3 is 2.95 bits per heavy atom. The lowest BCUT2D eigenvalue weighted by Crippen LogP contribution is -2.29. The van der Waals surface area contributed by atoms with Crippen molar-refractivity contribution in [2.24, 2.45) is 5.92 Å². The maximum atomic E-state index is 12.6. The zero-order valence-electron chi connectivity index (χ0n) is 12.1. The van der Waals surface area contributed by atoms with Crippen molar-refractivity contribution in [3.05, 3.63) is 34.9 Å². The Bertz CT molecular complexity index is 554. The number of hydrogen-bond acceptors (Lipinski definition) is 2. The van der Waals surface area contributed by atoms with E-state index < -0.39 is 0 Å². The first kappa shape index (κ1) is 14.6. The molecule has 0 spiro atoms. The average Bonchev–Trinajstić information content (AvgIpc) is 2.94. The van der Waals surface area contributed by atoms with E-state index in [9.17, 15) is 4.79 Å². The normalized spacial score (nSPS) is 17.8. The van der Waals surface area contributed by atoms with Crippen molar-refractivity contribution in [1.82, 2.24) is 4.90 Å². The largest absolute Gasteiger partial charge is 0.384 e. The molecule has 106 valence electrons. The predicted octanol–water partition coefficient (Wildman–Crippen LogP) is 2.21. The molecule has 1 aliphatic rings. The number of hydrogen-bond donors (Lipinski definition) is 1. The highest BCUT2D eigenvalue weighted by Crippen LogP contribution is 2.23. The second-order valence-electron chi connectivity index (χ2n) is 5.25. The van der Waals surface area contributed by atoms with E-state index in [1.807, 2.05) is 30.0 Å². The number of amides is 1. The van der Waals surface area contributed by atoms with E-state index in [2.05, 4.69) is 18.8 Å². The molecule has 0 aromatic heterocycles. The number of carbonyl (C=O) groups excluding carboxylic acids is 1. The fraction of sp³-hybridized carbons (Fsp3) is 0.471. The van der Waals surface area contributed by atoms with Crippen LogP contribution in [-0.4, -0.2) is 35.6 Å². The SMILES string of the molecule is CCC1CCN(C(=O)c2cccc(C#CCO)c2C)C1. The third kappa shape index (κ3) is 3.02. The van der Waals surface area contributed by atoms with Gasteiger partial charge in [0.15, 0.2) is 0 Å². The maximum Gasteiger partial charge on any atom is 0.254 e. The number of likely N-dealkylation sites (tertiary alicyclic amines) is 1. The van der Waals surface area contributed by atoms with E-state index in [0.717, 1.165) is 42.6 Å². The number of benzene rings is 1. The Hall–Kier alpha value is -1.79. The van der Waals surface area contributed by atoms with E-state index in [4.69, 9.17) is 5.11 Å². The van der Waals surface area contributed by atoms with Crippen LogP contribution in [0.1, 0.15) is 41.3 Å². The number of rotatable bonds is 2. The first-order valence-electron chi connectivity index (χ1n) is 7.16. The summed E-state index contributed by atoms with van der Waals surface area (Å²) in [7, 11) is 0. The smallest absolute Gasteiger partial charge is 0.254 e. The first-order valence-corrected chi connectivity index (χ1v) is 7.16. The van der Waals surface area contributed by atoms with Crippen molar-refractivity contribution in [2.45, 2.75) is 26.7 Å². The second-order valence-corrected chi connectivity index (χ2v) is 5.25. The Morgan fingerprint density at radius 1 is 1.50 bits per heavy atom. The van der Waals surface area contributed by atoms with Gasteiger partial charge in [-0.25, -0.2) is 0 Å². The van der Waals surface area contributed by atoms with Crippen molar-refractivity contribution >= 4 is 5.91 Å². The second kappa shape index (κ2) is 6.58. The van der Waals surface area contributed by atoms with Crippen LogP contribution in [0, 0.1) is 24.7 Å². The molecule has 20 heavy (non-hydrogen) atoms. The number of nitrogens with zero attached hydrogens (tertiary/aromatic N) is 1. The van der Waals surface area contributed by atoms with E-state index >= 15 is 0 Å². The van der Waals surface area contributed by atoms with Gasteiger partial charge in [0.2, 0.25) is 0 Å². The van der Waals surface area contributed by atoms with Crippen LogP contribution in [0.25, 0.3) is 0 Å². The Balaban J connectivity index is 2.22. The predicted molar refractivity (Wildman–Crippen MR) is 79.4 cm³/mol. The summed E-state index contributed by atoms with van der Waals surface area (Å²) in [6.45, 7) is 5.64.